The molecule has 0 saturated heterocycles. The first-order valence-corrected chi connectivity index (χ1v) is 8.39. The summed E-state index contributed by atoms with van der Waals surface area (Å²) in [5.74, 6) is 1.45. The molecule has 2 fully saturated rings. The first kappa shape index (κ1) is 15.0. The quantitative estimate of drug-likeness (QED) is 0.873. The van der Waals surface area contributed by atoms with Crippen LogP contribution in [0.5, 0.6) is 0 Å². The Morgan fingerprint density at radius 3 is 2.81 bits per heavy atom. The maximum Gasteiger partial charge on any atom is 0.227 e. The Bertz CT molecular complexity index is 454. The molecule has 5 nitrogen and oxygen atoms in total. The number of hydrogen-bond donors (Lipinski definition) is 1. The molecule has 2 aliphatic carbocycles. The van der Waals surface area contributed by atoms with Crippen molar-refractivity contribution < 1.29 is 9.26 Å². The Kier molecular flexibility index (Phi) is 4.60. The second kappa shape index (κ2) is 6.44. The highest BCUT2D eigenvalue weighted by atomic mass is 16.5. The highest BCUT2D eigenvalue weighted by Gasteiger charge is 2.55. The van der Waals surface area contributed by atoms with Crippen molar-refractivity contribution in [2.45, 2.75) is 70.9 Å². The number of aromatic nitrogens is 2. The van der Waals surface area contributed by atoms with E-state index < -0.39 is 0 Å². The summed E-state index contributed by atoms with van der Waals surface area (Å²) in [4.78, 5) is 4.26. The molecule has 2 aliphatic rings. The molecular weight excluding hydrogens is 266 g/mol. The van der Waals surface area contributed by atoms with E-state index >= 15 is 0 Å². The van der Waals surface area contributed by atoms with Crippen LogP contribution in [-0.4, -0.2) is 35.4 Å². The van der Waals surface area contributed by atoms with Crippen LogP contribution in [0.4, 0.5) is 0 Å². The molecule has 0 radical (unpaired) electrons. The highest BCUT2D eigenvalue weighted by Crippen LogP contribution is 2.53. The zero-order chi connectivity index (χ0) is 14.7. The lowest BCUT2D eigenvalue weighted by atomic mass is 9.55. The summed E-state index contributed by atoms with van der Waals surface area (Å²) in [5.41, 5.74) is 0.388. The van der Waals surface area contributed by atoms with Crippen LogP contribution in [0, 0.1) is 12.3 Å². The average Bonchev–Trinajstić information content (AvgIpc) is 2.92. The summed E-state index contributed by atoms with van der Waals surface area (Å²) in [6, 6.07) is 0.596. The molecule has 1 N–H and O–H groups in total. The van der Waals surface area contributed by atoms with E-state index in [1.807, 2.05) is 6.92 Å². The van der Waals surface area contributed by atoms with Gasteiger partial charge in [-0.15, -0.1) is 0 Å². The normalized spacial score (nSPS) is 27.7. The number of nitrogens with zero attached hydrogens (tertiary/aromatic N) is 2. The Morgan fingerprint density at radius 1 is 1.33 bits per heavy atom. The van der Waals surface area contributed by atoms with Gasteiger partial charge in [0.25, 0.3) is 0 Å². The summed E-state index contributed by atoms with van der Waals surface area (Å²) in [6.07, 6.45) is 9.14. The molecule has 1 aromatic heterocycles. The van der Waals surface area contributed by atoms with Gasteiger partial charge in [0.1, 0.15) is 0 Å². The minimum absolute atomic E-state index is 0.388. The zero-order valence-electron chi connectivity index (χ0n) is 13.2. The topological polar surface area (TPSA) is 60.2 Å². The van der Waals surface area contributed by atoms with Gasteiger partial charge in [0.2, 0.25) is 5.89 Å². The molecule has 1 spiro atoms. The van der Waals surface area contributed by atoms with E-state index in [0.717, 1.165) is 31.9 Å². The fourth-order valence-corrected chi connectivity index (χ4v) is 4.14. The molecule has 21 heavy (non-hydrogen) atoms. The second-order valence-corrected chi connectivity index (χ2v) is 6.47. The van der Waals surface area contributed by atoms with Gasteiger partial charge in [0, 0.05) is 31.0 Å². The minimum Gasteiger partial charge on any atom is -0.378 e. The van der Waals surface area contributed by atoms with Crippen LogP contribution >= 0.6 is 0 Å². The first-order chi connectivity index (χ1) is 10.2. The van der Waals surface area contributed by atoms with E-state index in [4.69, 9.17) is 9.26 Å². The van der Waals surface area contributed by atoms with Crippen molar-refractivity contribution in [3.8, 4) is 0 Å². The van der Waals surface area contributed by atoms with Crippen LogP contribution in [0.3, 0.4) is 0 Å². The van der Waals surface area contributed by atoms with E-state index in [-0.39, 0.29) is 0 Å². The van der Waals surface area contributed by atoms with Crippen LogP contribution in [0.15, 0.2) is 4.52 Å². The number of nitrogens with one attached hydrogen (secondary N) is 1. The smallest absolute Gasteiger partial charge is 0.227 e. The maximum atomic E-state index is 5.99. The fraction of sp³-hybridized carbons (Fsp3) is 0.875. The lowest BCUT2D eigenvalue weighted by molar-refractivity contribution is -0.149. The van der Waals surface area contributed by atoms with Crippen LogP contribution in [0.1, 0.15) is 57.2 Å². The van der Waals surface area contributed by atoms with Crippen LogP contribution in [-0.2, 0) is 11.2 Å². The third-order valence-corrected chi connectivity index (χ3v) is 5.24. The molecule has 2 saturated carbocycles. The summed E-state index contributed by atoms with van der Waals surface area (Å²) in [6.45, 7) is 5.71. The van der Waals surface area contributed by atoms with E-state index in [9.17, 15) is 0 Å². The molecule has 1 heterocycles. The van der Waals surface area contributed by atoms with Crippen LogP contribution in [0.2, 0.25) is 0 Å². The summed E-state index contributed by atoms with van der Waals surface area (Å²) >= 11 is 0. The molecule has 5 heteroatoms. The SMILES string of the molecule is CCO[C@@H]1C[C@H](NCCc2nc(C)no2)C12CCCCC2. The number of rotatable bonds is 6. The van der Waals surface area contributed by atoms with Crippen molar-refractivity contribution in [2.75, 3.05) is 13.2 Å². The first-order valence-electron chi connectivity index (χ1n) is 8.39. The largest absolute Gasteiger partial charge is 0.378 e. The van der Waals surface area contributed by atoms with Gasteiger partial charge in [0.15, 0.2) is 5.82 Å². The monoisotopic (exact) mass is 293 g/mol. The predicted octanol–water partition coefficient (Wildman–Crippen LogP) is 2.64. The van der Waals surface area contributed by atoms with Gasteiger partial charge in [-0.3, -0.25) is 0 Å². The van der Waals surface area contributed by atoms with Crippen molar-refractivity contribution in [1.29, 1.82) is 0 Å². The van der Waals surface area contributed by atoms with Gasteiger partial charge >= 0.3 is 0 Å². The van der Waals surface area contributed by atoms with Gasteiger partial charge in [-0.05, 0) is 33.1 Å². The molecular formula is C16H27N3O2. The third-order valence-electron chi connectivity index (χ3n) is 5.24. The van der Waals surface area contributed by atoms with Gasteiger partial charge in [0.05, 0.1) is 6.10 Å². The zero-order valence-corrected chi connectivity index (χ0v) is 13.2. The fourth-order valence-electron chi connectivity index (χ4n) is 4.14. The highest BCUT2D eigenvalue weighted by molar-refractivity contribution is 5.09. The van der Waals surface area contributed by atoms with Crippen LogP contribution < -0.4 is 5.32 Å². The molecule has 0 unspecified atom stereocenters. The van der Waals surface area contributed by atoms with E-state index in [2.05, 4.69) is 22.4 Å². The van der Waals surface area contributed by atoms with Crippen molar-refractivity contribution in [3.05, 3.63) is 11.7 Å². The maximum absolute atomic E-state index is 5.99. The standard InChI is InChI=1S/C16H27N3O2/c1-3-20-14-11-13(16(14)8-5-4-6-9-16)17-10-7-15-18-12(2)19-21-15/h13-14,17H,3-11H2,1-2H3/t13-,14+/m0/s1. The Balaban J connectivity index is 1.52. The third kappa shape index (κ3) is 2.99. The lowest BCUT2D eigenvalue weighted by Gasteiger charge is -2.58. The molecule has 0 aromatic carbocycles. The summed E-state index contributed by atoms with van der Waals surface area (Å²) in [7, 11) is 0. The van der Waals surface area contributed by atoms with Gasteiger partial charge in [-0.1, -0.05) is 24.4 Å². The van der Waals surface area contributed by atoms with E-state index in [0.29, 0.717) is 23.4 Å². The number of ether oxygens (including phenoxy) is 1. The van der Waals surface area contributed by atoms with Crippen molar-refractivity contribution in [2.24, 2.45) is 5.41 Å². The number of hydrogen-bond acceptors (Lipinski definition) is 5. The predicted molar refractivity (Wildman–Crippen MR) is 80.1 cm³/mol. The Morgan fingerprint density at radius 2 is 2.14 bits per heavy atom. The van der Waals surface area contributed by atoms with Crippen molar-refractivity contribution in [3.63, 3.8) is 0 Å². The second-order valence-electron chi connectivity index (χ2n) is 6.47. The van der Waals surface area contributed by atoms with Gasteiger partial charge in [-0.2, -0.15) is 4.98 Å². The van der Waals surface area contributed by atoms with Gasteiger partial charge in [-0.25, -0.2) is 0 Å². The molecule has 0 amide bonds. The molecule has 3 rings (SSSR count). The average molecular weight is 293 g/mol. The van der Waals surface area contributed by atoms with Crippen molar-refractivity contribution in [1.82, 2.24) is 15.5 Å². The van der Waals surface area contributed by atoms with Gasteiger partial charge < -0.3 is 14.6 Å². The van der Waals surface area contributed by atoms with E-state index in [1.54, 1.807) is 0 Å². The summed E-state index contributed by atoms with van der Waals surface area (Å²) in [5, 5.41) is 7.55. The summed E-state index contributed by atoms with van der Waals surface area (Å²) < 4.78 is 11.2. The Hall–Kier alpha value is -0.940. The van der Waals surface area contributed by atoms with Crippen LogP contribution in [0.25, 0.3) is 0 Å². The lowest BCUT2D eigenvalue weighted by Crippen LogP contribution is -2.64. The molecule has 0 bridgehead atoms. The number of aryl methyl sites for hydroxylation is 1. The Labute approximate surface area is 126 Å². The van der Waals surface area contributed by atoms with E-state index in [1.165, 1.54) is 32.1 Å². The van der Waals surface area contributed by atoms with Crippen molar-refractivity contribution >= 4 is 0 Å². The minimum atomic E-state index is 0.388. The molecule has 1 aromatic rings. The molecule has 118 valence electrons. The molecule has 2 atom stereocenters. The molecule has 0 aliphatic heterocycles.